The predicted octanol–water partition coefficient (Wildman–Crippen LogP) is 0.995. The van der Waals surface area contributed by atoms with Crippen molar-refractivity contribution in [3.8, 4) is 5.75 Å². The fourth-order valence-electron chi connectivity index (χ4n) is 1.36. The van der Waals surface area contributed by atoms with Gasteiger partial charge >= 0.3 is 0 Å². The lowest BCUT2D eigenvalue weighted by atomic mass is 10.1. The molecule has 1 amide bonds. The first-order valence-electron chi connectivity index (χ1n) is 5.00. The van der Waals surface area contributed by atoms with Gasteiger partial charge in [0, 0.05) is 19.7 Å². The summed E-state index contributed by atoms with van der Waals surface area (Å²) >= 11 is 5.87. The maximum absolute atomic E-state index is 12.0. The molecular weight excluding hydrogens is 244 g/mol. The largest absolute Gasteiger partial charge is 0.496 e. The molecule has 0 fully saturated rings. The number of nitrogen functional groups attached to an aromatic ring is 1. The molecule has 0 heterocycles. The highest BCUT2D eigenvalue weighted by atomic mass is 35.5. The van der Waals surface area contributed by atoms with Crippen molar-refractivity contribution in [1.29, 1.82) is 0 Å². The molecule has 6 heteroatoms. The van der Waals surface area contributed by atoms with E-state index in [1.807, 2.05) is 0 Å². The molecule has 0 aliphatic rings. The number of nitrogens with two attached hydrogens (primary N) is 1. The normalized spacial score (nSPS) is 10.1. The molecule has 17 heavy (non-hydrogen) atoms. The summed E-state index contributed by atoms with van der Waals surface area (Å²) in [7, 11) is 3.04. The fourth-order valence-corrected chi connectivity index (χ4v) is 1.53. The molecule has 1 aromatic rings. The number of rotatable bonds is 4. The van der Waals surface area contributed by atoms with Gasteiger partial charge in [0.1, 0.15) is 5.75 Å². The van der Waals surface area contributed by atoms with Gasteiger partial charge in [-0.15, -0.1) is 0 Å². The number of aliphatic hydroxyl groups excluding tert-OH is 1. The number of ether oxygens (including phenoxy) is 1. The molecular formula is C11H15ClN2O3. The van der Waals surface area contributed by atoms with E-state index in [4.69, 9.17) is 27.2 Å². The van der Waals surface area contributed by atoms with Gasteiger partial charge < -0.3 is 20.5 Å². The van der Waals surface area contributed by atoms with Crippen LogP contribution in [0.4, 0.5) is 5.69 Å². The predicted molar refractivity (Wildman–Crippen MR) is 66.5 cm³/mol. The van der Waals surface area contributed by atoms with E-state index in [1.54, 1.807) is 7.05 Å². The van der Waals surface area contributed by atoms with Crippen molar-refractivity contribution in [3.63, 3.8) is 0 Å². The molecule has 1 aromatic carbocycles. The maximum atomic E-state index is 12.0. The smallest absolute Gasteiger partial charge is 0.257 e. The topological polar surface area (TPSA) is 75.8 Å². The molecule has 1 rings (SSSR count). The van der Waals surface area contributed by atoms with Gasteiger partial charge in [0.15, 0.2) is 0 Å². The zero-order chi connectivity index (χ0) is 13.0. The summed E-state index contributed by atoms with van der Waals surface area (Å²) in [5.74, 6) is 0.0829. The summed E-state index contributed by atoms with van der Waals surface area (Å²) in [6.45, 7) is 0.136. The molecule has 0 atom stereocenters. The molecule has 0 spiro atoms. The van der Waals surface area contributed by atoms with Crippen molar-refractivity contribution in [3.05, 3.63) is 22.7 Å². The Hall–Kier alpha value is -1.46. The van der Waals surface area contributed by atoms with E-state index in [-0.39, 0.29) is 19.1 Å². The van der Waals surface area contributed by atoms with Gasteiger partial charge in [-0.3, -0.25) is 4.79 Å². The van der Waals surface area contributed by atoms with Crippen LogP contribution in [0, 0.1) is 0 Å². The highest BCUT2D eigenvalue weighted by Gasteiger charge is 2.18. The summed E-state index contributed by atoms with van der Waals surface area (Å²) in [4.78, 5) is 13.4. The third-order valence-electron chi connectivity index (χ3n) is 2.33. The summed E-state index contributed by atoms with van der Waals surface area (Å²) in [6.07, 6.45) is 0. The Labute approximate surface area is 105 Å². The van der Waals surface area contributed by atoms with E-state index in [0.29, 0.717) is 22.0 Å². The SMILES string of the molecule is COc1cc(N)c(Cl)cc1C(=O)N(C)CCO. The molecule has 0 unspecified atom stereocenters. The summed E-state index contributed by atoms with van der Waals surface area (Å²) in [5.41, 5.74) is 6.30. The van der Waals surface area contributed by atoms with Crippen LogP contribution in [0.25, 0.3) is 0 Å². The third-order valence-corrected chi connectivity index (χ3v) is 2.66. The van der Waals surface area contributed by atoms with Gasteiger partial charge in [-0.05, 0) is 6.07 Å². The number of anilines is 1. The fraction of sp³-hybridized carbons (Fsp3) is 0.364. The third kappa shape index (κ3) is 3.01. The van der Waals surface area contributed by atoms with Crippen molar-refractivity contribution in [2.24, 2.45) is 0 Å². The molecule has 0 saturated carbocycles. The molecule has 0 aliphatic heterocycles. The summed E-state index contributed by atoms with van der Waals surface area (Å²) in [5, 5.41) is 9.08. The van der Waals surface area contributed by atoms with Gasteiger partial charge in [0.05, 0.1) is 30.0 Å². The molecule has 0 radical (unpaired) electrons. The van der Waals surface area contributed by atoms with Gasteiger partial charge in [0.2, 0.25) is 0 Å². The zero-order valence-electron chi connectivity index (χ0n) is 9.74. The molecule has 0 bridgehead atoms. The Morgan fingerprint density at radius 2 is 2.24 bits per heavy atom. The second-order valence-electron chi connectivity index (χ2n) is 3.52. The number of amides is 1. The number of likely N-dealkylation sites (N-methyl/N-ethyl adjacent to an activating group) is 1. The van der Waals surface area contributed by atoms with Crippen LogP contribution in [-0.4, -0.2) is 43.2 Å². The standard InChI is InChI=1S/C11H15ClN2O3/c1-14(3-4-15)11(16)7-5-8(12)9(13)6-10(7)17-2/h5-6,15H,3-4,13H2,1-2H3. The Morgan fingerprint density at radius 1 is 1.59 bits per heavy atom. The minimum absolute atomic E-state index is 0.104. The number of carbonyl (C=O) groups is 1. The van der Waals surface area contributed by atoms with Crippen LogP contribution < -0.4 is 10.5 Å². The van der Waals surface area contributed by atoms with E-state index < -0.39 is 0 Å². The van der Waals surface area contributed by atoms with E-state index in [1.165, 1.54) is 24.1 Å². The number of hydrogen-bond acceptors (Lipinski definition) is 4. The second-order valence-corrected chi connectivity index (χ2v) is 3.93. The van der Waals surface area contributed by atoms with Crippen molar-refractivity contribution in [2.75, 3.05) is 33.0 Å². The Morgan fingerprint density at radius 3 is 2.76 bits per heavy atom. The summed E-state index contributed by atoms with van der Waals surface area (Å²) < 4.78 is 5.08. The molecule has 0 aromatic heterocycles. The highest BCUT2D eigenvalue weighted by Crippen LogP contribution is 2.29. The van der Waals surface area contributed by atoms with Crippen molar-refractivity contribution < 1.29 is 14.6 Å². The number of methoxy groups -OCH3 is 1. The lowest BCUT2D eigenvalue weighted by molar-refractivity contribution is 0.0763. The van der Waals surface area contributed by atoms with Crippen molar-refractivity contribution in [1.82, 2.24) is 4.90 Å². The van der Waals surface area contributed by atoms with Crippen LogP contribution in [0.2, 0.25) is 5.02 Å². The molecule has 5 nitrogen and oxygen atoms in total. The highest BCUT2D eigenvalue weighted by molar-refractivity contribution is 6.33. The summed E-state index contributed by atoms with van der Waals surface area (Å²) in [6, 6.07) is 2.97. The monoisotopic (exact) mass is 258 g/mol. The zero-order valence-corrected chi connectivity index (χ0v) is 10.5. The van der Waals surface area contributed by atoms with Gasteiger partial charge in [0.25, 0.3) is 5.91 Å². The van der Waals surface area contributed by atoms with Crippen LogP contribution >= 0.6 is 11.6 Å². The molecule has 0 saturated heterocycles. The number of carbonyl (C=O) groups excluding carboxylic acids is 1. The van der Waals surface area contributed by atoms with Gasteiger partial charge in [-0.2, -0.15) is 0 Å². The minimum atomic E-state index is -0.280. The first-order chi connectivity index (χ1) is 8.01. The Kier molecular flexibility index (Phi) is 4.60. The van der Waals surface area contributed by atoms with Crippen LogP contribution in [0.3, 0.4) is 0 Å². The van der Waals surface area contributed by atoms with E-state index in [2.05, 4.69) is 0 Å². The maximum Gasteiger partial charge on any atom is 0.257 e. The van der Waals surface area contributed by atoms with Crippen molar-refractivity contribution in [2.45, 2.75) is 0 Å². The lowest BCUT2D eigenvalue weighted by Crippen LogP contribution is -2.29. The quantitative estimate of drug-likeness (QED) is 0.790. The average molecular weight is 259 g/mol. The van der Waals surface area contributed by atoms with E-state index in [9.17, 15) is 4.79 Å². The number of nitrogens with zero attached hydrogens (tertiary/aromatic N) is 1. The molecule has 3 N–H and O–H groups in total. The van der Waals surface area contributed by atoms with Crippen LogP contribution in [0.1, 0.15) is 10.4 Å². The first-order valence-corrected chi connectivity index (χ1v) is 5.38. The average Bonchev–Trinajstić information content (AvgIpc) is 2.31. The Balaban J connectivity index is 3.12. The van der Waals surface area contributed by atoms with Crippen LogP contribution in [-0.2, 0) is 0 Å². The first kappa shape index (κ1) is 13.6. The number of hydrogen-bond donors (Lipinski definition) is 2. The van der Waals surface area contributed by atoms with E-state index >= 15 is 0 Å². The Bertz CT molecular complexity index is 423. The lowest BCUT2D eigenvalue weighted by Gasteiger charge is -2.18. The van der Waals surface area contributed by atoms with Crippen LogP contribution in [0.5, 0.6) is 5.75 Å². The number of aliphatic hydroxyl groups is 1. The number of halogens is 1. The van der Waals surface area contributed by atoms with Gasteiger partial charge in [-0.1, -0.05) is 11.6 Å². The minimum Gasteiger partial charge on any atom is -0.496 e. The van der Waals surface area contributed by atoms with Crippen molar-refractivity contribution >= 4 is 23.2 Å². The van der Waals surface area contributed by atoms with E-state index in [0.717, 1.165) is 0 Å². The molecule has 0 aliphatic carbocycles. The number of benzene rings is 1. The van der Waals surface area contributed by atoms with Gasteiger partial charge in [-0.25, -0.2) is 0 Å². The molecule has 94 valence electrons. The van der Waals surface area contributed by atoms with Crippen LogP contribution in [0.15, 0.2) is 12.1 Å². The second kappa shape index (κ2) is 5.75.